The molecule has 0 aliphatic heterocycles. The fraction of sp³-hybridized carbons (Fsp3) is 0.182. The zero-order valence-electron chi connectivity index (χ0n) is 8.90. The summed E-state index contributed by atoms with van der Waals surface area (Å²) in [5.41, 5.74) is 0.603. The maximum Gasteiger partial charge on any atom is 0.280 e. The number of nitro benzene ring substituents is 1. The van der Waals surface area contributed by atoms with E-state index in [1.54, 1.807) is 12.1 Å². The summed E-state index contributed by atoms with van der Waals surface area (Å²) in [6.07, 6.45) is 1.66. The Balaban J connectivity index is 3.12. The van der Waals surface area contributed by atoms with Gasteiger partial charge >= 0.3 is 0 Å². The first kappa shape index (κ1) is 11.9. The maximum atomic E-state index is 11.2. The van der Waals surface area contributed by atoms with E-state index in [9.17, 15) is 14.9 Å². The second-order valence-electron chi connectivity index (χ2n) is 3.21. The molecule has 1 aromatic rings. The molecule has 16 heavy (non-hydrogen) atoms. The van der Waals surface area contributed by atoms with E-state index in [2.05, 4.69) is 11.9 Å². The largest absolute Gasteiger partial charge is 0.382 e. The van der Waals surface area contributed by atoms with Crippen molar-refractivity contribution in [2.45, 2.75) is 6.92 Å². The quantitative estimate of drug-likeness (QED) is 0.358. The minimum atomic E-state index is -0.561. The zero-order chi connectivity index (χ0) is 12.1. The molecule has 0 aromatic heterocycles. The Morgan fingerprint density at radius 3 is 2.81 bits per heavy atom. The topological polar surface area (TPSA) is 72.2 Å². The molecular formula is C11H12N2O3. The molecule has 0 bridgehead atoms. The monoisotopic (exact) mass is 220 g/mol. The Labute approximate surface area is 92.9 Å². The van der Waals surface area contributed by atoms with Gasteiger partial charge in [0.25, 0.3) is 5.69 Å². The lowest BCUT2D eigenvalue weighted by Gasteiger charge is -2.05. The molecule has 0 amide bonds. The standard InChI is InChI=1S/C11H12N2O3/c1-3-6-12-9-4-5-11(13(15)16)10(7-9)8(2)14/h3-5,7,12H,1,6H2,2H3. The zero-order valence-corrected chi connectivity index (χ0v) is 8.90. The van der Waals surface area contributed by atoms with Gasteiger partial charge in [0, 0.05) is 18.3 Å². The van der Waals surface area contributed by atoms with Gasteiger partial charge in [-0.05, 0) is 19.1 Å². The van der Waals surface area contributed by atoms with Crippen LogP contribution >= 0.6 is 0 Å². The van der Waals surface area contributed by atoms with E-state index in [1.165, 1.54) is 19.1 Å². The minimum Gasteiger partial charge on any atom is -0.382 e. The molecule has 0 atom stereocenters. The van der Waals surface area contributed by atoms with Gasteiger partial charge in [-0.3, -0.25) is 14.9 Å². The fourth-order valence-electron chi connectivity index (χ4n) is 1.28. The predicted octanol–water partition coefficient (Wildman–Crippen LogP) is 2.40. The first-order valence-electron chi connectivity index (χ1n) is 4.70. The Hall–Kier alpha value is -2.17. The number of ketones is 1. The van der Waals surface area contributed by atoms with Crippen LogP contribution < -0.4 is 5.32 Å². The highest BCUT2D eigenvalue weighted by molar-refractivity contribution is 5.99. The van der Waals surface area contributed by atoms with Crippen molar-refractivity contribution in [2.75, 3.05) is 11.9 Å². The molecule has 84 valence electrons. The van der Waals surface area contributed by atoms with Crippen LogP contribution in [0.2, 0.25) is 0 Å². The Morgan fingerprint density at radius 1 is 1.62 bits per heavy atom. The second kappa shape index (κ2) is 5.06. The number of nitrogens with one attached hydrogen (secondary N) is 1. The second-order valence-corrected chi connectivity index (χ2v) is 3.21. The van der Waals surface area contributed by atoms with Crippen LogP contribution in [0.3, 0.4) is 0 Å². The van der Waals surface area contributed by atoms with Gasteiger partial charge < -0.3 is 5.32 Å². The minimum absolute atomic E-state index is 0.110. The number of nitrogens with zero attached hydrogens (tertiary/aromatic N) is 1. The van der Waals surface area contributed by atoms with Crippen LogP contribution in [0.5, 0.6) is 0 Å². The summed E-state index contributed by atoms with van der Waals surface area (Å²) in [6, 6.07) is 4.36. The van der Waals surface area contributed by atoms with E-state index < -0.39 is 4.92 Å². The number of hydrogen-bond donors (Lipinski definition) is 1. The summed E-state index contributed by atoms with van der Waals surface area (Å²) in [5, 5.41) is 13.6. The molecule has 0 saturated heterocycles. The van der Waals surface area contributed by atoms with Gasteiger partial charge in [-0.15, -0.1) is 6.58 Å². The molecule has 5 nitrogen and oxygen atoms in total. The third kappa shape index (κ3) is 2.66. The summed E-state index contributed by atoms with van der Waals surface area (Å²) < 4.78 is 0. The number of anilines is 1. The number of benzene rings is 1. The van der Waals surface area contributed by atoms with E-state index in [0.29, 0.717) is 12.2 Å². The lowest BCUT2D eigenvalue weighted by Crippen LogP contribution is -2.03. The number of carbonyl (C=O) groups excluding carboxylic acids is 1. The highest BCUT2D eigenvalue weighted by Crippen LogP contribution is 2.22. The smallest absolute Gasteiger partial charge is 0.280 e. The fourth-order valence-corrected chi connectivity index (χ4v) is 1.28. The molecule has 1 N–H and O–H groups in total. The van der Waals surface area contributed by atoms with E-state index in [1.807, 2.05) is 0 Å². The maximum absolute atomic E-state index is 11.2. The van der Waals surface area contributed by atoms with Crippen molar-refractivity contribution in [2.24, 2.45) is 0 Å². The lowest BCUT2D eigenvalue weighted by molar-refractivity contribution is -0.385. The summed E-state index contributed by atoms with van der Waals surface area (Å²) in [4.78, 5) is 21.4. The van der Waals surface area contributed by atoms with Crippen molar-refractivity contribution < 1.29 is 9.72 Å². The molecule has 0 radical (unpaired) electrons. The lowest BCUT2D eigenvalue weighted by atomic mass is 10.1. The Bertz CT molecular complexity index is 441. The molecule has 0 unspecified atom stereocenters. The normalized spacial score (nSPS) is 9.56. The first-order valence-corrected chi connectivity index (χ1v) is 4.70. The molecular weight excluding hydrogens is 208 g/mol. The van der Waals surface area contributed by atoms with Crippen molar-refractivity contribution in [3.8, 4) is 0 Å². The van der Waals surface area contributed by atoms with Crippen LogP contribution in [0.15, 0.2) is 30.9 Å². The van der Waals surface area contributed by atoms with Gasteiger partial charge in [0.05, 0.1) is 10.5 Å². The molecule has 1 rings (SSSR count). The third-order valence-electron chi connectivity index (χ3n) is 2.02. The van der Waals surface area contributed by atoms with Gasteiger partial charge in [-0.2, -0.15) is 0 Å². The van der Waals surface area contributed by atoms with Crippen LogP contribution in [0.4, 0.5) is 11.4 Å². The van der Waals surface area contributed by atoms with E-state index in [0.717, 1.165) is 0 Å². The third-order valence-corrected chi connectivity index (χ3v) is 2.02. The number of nitro groups is 1. The van der Waals surface area contributed by atoms with Crippen LogP contribution in [0.25, 0.3) is 0 Å². The van der Waals surface area contributed by atoms with Crippen molar-refractivity contribution in [1.82, 2.24) is 0 Å². The molecule has 0 aliphatic carbocycles. The van der Waals surface area contributed by atoms with Crippen molar-refractivity contribution >= 4 is 17.2 Å². The SMILES string of the molecule is C=CCNc1ccc([N+](=O)[O-])c(C(C)=O)c1. The van der Waals surface area contributed by atoms with E-state index >= 15 is 0 Å². The number of Topliss-reactive ketones (excluding diaryl/α,β-unsaturated/α-hetero) is 1. The van der Waals surface area contributed by atoms with Crippen LogP contribution in [-0.2, 0) is 0 Å². The summed E-state index contributed by atoms with van der Waals surface area (Å²) in [7, 11) is 0. The van der Waals surface area contributed by atoms with Gasteiger partial charge in [0.1, 0.15) is 0 Å². The number of carbonyl (C=O) groups is 1. The molecule has 1 aromatic carbocycles. The average molecular weight is 220 g/mol. The van der Waals surface area contributed by atoms with Crippen molar-refractivity contribution in [3.05, 3.63) is 46.5 Å². The molecule has 0 saturated carbocycles. The highest BCUT2D eigenvalue weighted by atomic mass is 16.6. The van der Waals surface area contributed by atoms with Gasteiger partial charge in [-0.1, -0.05) is 6.08 Å². The summed E-state index contributed by atoms with van der Waals surface area (Å²) >= 11 is 0. The summed E-state index contributed by atoms with van der Waals surface area (Å²) in [5.74, 6) is -0.325. The number of rotatable bonds is 5. The molecule has 0 heterocycles. The van der Waals surface area contributed by atoms with Crippen molar-refractivity contribution in [3.63, 3.8) is 0 Å². The van der Waals surface area contributed by atoms with Crippen LogP contribution in [0.1, 0.15) is 17.3 Å². The van der Waals surface area contributed by atoms with Crippen LogP contribution in [0, 0.1) is 10.1 Å². The Morgan fingerprint density at radius 2 is 2.31 bits per heavy atom. The number of hydrogen-bond acceptors (Lipinski definition) is 4. The van der Waals surface area contributed by atoms with E-state index in [-0.39, 0.29) is 17.0 Å². The molecule has 0 aliphatic rings. The molecule has 0 fully saturated rings. The molecule has 0 spiro atoms. The van der Waals surface area contributed by atoms with Crippen molar-refractivity contribution in [1.29, 1.82) is 0 Å². The first-order chi connectivity index (χ1) is 7.56. The average Bonchev–Trinajstić information content (AvgIpc) is 2.25. The summed E-state index contributed by atoms with van der Waals surface area (Å²) in [6.45, 7) is 5.38. The van der Waals surface area contributed by atoms with Gasteiger partial charge in [0.2, 0.25) is 0 Å². The molecule has 5 heteroatoms. The van der Waals surface area contributed by atoms with E-state index in [4.69, 9.17) is 0 Å². The van der Waals surface area contributed by atoms with Gasteiger partial charge in [-0.25, -0.2) is 0 Å². The van der Waals surface area contributed by atoms with Crippen LogP contribution in [-0.4, -0.2) is 17.3 Å². The van der Waals surface area contributed by atoms with Gasteiger partial charge in [0.15, 0.2) is 5.78 Å². The predicted molar refractivity (Wildman–Crippen MR) is 61.8 cm³/mol. The highest BCUT2D eigenvalue weighted by Gasteiger charge is 2.17. The Kier molecular flexibility index (Phi) is 3.77.